The number of halogens is 3. The molecule has 1 saturated heterocycles. The Hall–Kier alpha value is -0.340. The first-order valence-electron chi connectivity index (χ1n) is 7.04. The third-order valence-corrected chi connectivity index (χ3v) is 4.93. The van der Waals surface area contributed by atoms with Crippen LogP contribution in [0.2, 0.25) is 0 Å². The summed E-state index contributed by atoms with van der Waals surface area (Å²) in [6.07, 6.45) is -1.18. The largest absolute Gasteiger partial charge is 0.403 e. The van der Waals surface area contributed by atoms with Gasteiger partial charge < -0.3 is 5.32 Å². The van der Waals surface area contributed by atoms with Crippen molar-refractivity contribution >= 4 is 10.0 Å². The Morgan fingerprint density at radius 1 is 1.30 bits per heavy atom. The first-order chi connectivity index (χ1) is 9.24. The number of sulfonamides is 1. The molecule has 0 aliphatic carbocycles. The minimum Gasteiger partial charge on any atom is -0.303 e. The zero-order valence-electron chi connectivity index (χ0n) is 11.7. The second-order valence-corrected chi connectivity index (χ2v) is 7.17. The monoisotopic (exact) mass is 316 g/mol. The van der Waals surface area contributed by atoms with E-state index in [1.165, 1.54) is 0 Å². The van der Waals surface area contributed by atoms with Gasteiger partial charge in [0.1, 0.15) is 6.04 Å². The van der Waals surface area contributed by atoms with Crippen LogP contribution in [-0.4, -0.2) is 39.0 Å². The number of unbranched alkanes of at least 4 members (excludes halogenated alkanes) is 1. The van der Waals surface area contributed by atoms with Crippen molar-refractivity contribution in [3.8, 4) is 0 Å². The van der Waals surface area contributed by atoms with Gasteiger partial charge in [-0.05, 0) is 25.7 Å². The minimum atomic E-state index is -4.22. The molecule has 20 heavy (non-hydrogen) atoms. The molecule has 0 bridgehead atoms. The molecule has 1 fully saturated rings. The van der Waals surface area contributed by atoms with Crippen LogP contribution in [0.5, 0.6) is 0 Å². The molecule has 1 aliphatic rings. The summed E-state index contributed by atoms with van der Waals surface area (Å²) in [6.45, 7) is 2.09. The maximum absolute atomic E-state index is 12.6. The van der Waals surface area contributed by atoms with Crippen molar-refractivity contribution < 1.29 is 21.6 Å². The van der Waals surface area contributed by atoms with Crippen molar-refractivity contribution in [2.75, 3.05) is 12.3 Å². The van der Waals surface area contributed by atoms with Crippen molar-refractivity contribution in [2.45, 2.75) is 63.7 Å². The molecule has 0 spiro atoms. The van der Waals surface area contributed by atoms with Gasteiger partial charge in [0.15, 0.2) is 0 Å². The lowest BCUT2D eigenvalue weighted by Crippen LogP contribution is -2.51. The summed E-state index contributed by atoms with van der Waals surface area (Å²) in [6, 6.07) is -1.73. The Labute approximate surface area is 118 Å². The number of alkyl halides is 3. The van der Waals surface area contributed by atoms with E-state index in [1.807, 2.05) is 6.92 Å². The van der Waals surface area contributed by atoms with Crippen LogP contribution in [0.4, 0.5) is 13.2 Å². The lowest BCUT2D eigenvalue weighted by Gasteiger charge is -2.32. The van der Waals surface area contributed by atoms with Crippen molar-refractivity contribution in [1.29, 1.82) is 0 Å². The predicted octanol–water partition coefficient (Wildman–Crippen LogP) is 2.17. The molecule has 0 saturated carbocycles. The third-order valence-electron chi connectivity index (χ3n) is 3.46. The molecule has 2 N–H and O–H groups in total. The molecule has 0 radical (unpaired) electrons. The number of hydrogen-bond acceptors (Lipinski definition) is 3. The second kappa shape index (κ2) is 7.61. The van der Waals surface area contributed by atoms with E-state index in [1.54, 1.807) is 0 Å². The summed E-state index contributed by atoms with van der Waals surface area (Å²) in [5.74, 6) is 0.0762. The number of nitrogens with one attached hydrogen (secondary N) is 2. The maximum atomic E-state index is 12.6. The highest BCUT2D eigenvalue weighted by atomic mass is 32.2. The SMILES string of the molecule is CCCCS(=O)(=O)NCCC1CCCC(C(F)(F)F)N1. The molecular weight excluding hydrogens is 293 g/mol. The highest BCUT2D eigenvalue weighted by Gasteiger charge is 2.41. The summed E-state index contributed by atoms with van der Waals surface area (Å²) < 4.78 is 63.3. The van der Waals surface area contributed by atoms with Gasteiger partial charge in [0.25, 0.3) is 0 Å². The van der Waals surface area contributed by atoms with Crippen molar-refractivity contribution in [3.63, 3.8) is 0 Å². The lowest BCUT2D eigenvalue weighted by atomic mass is 9.96. The Balaban J connectivity index is 2.31. The molecule has 0 amide bonds. The Kier molecular flexibility index (Phi) is 6.74. The third kappa shape index (κ3) is 6.41. The van der Waals surface area contributed by atoms with Crippen LogP contribution in [-0.2, 0) is 10.0 Å². The Bertz CT molecular complexity index is 385. The summed E-state index contributed by atoms with van der Waals surface area (Å²) in [5.41, 5.74) is 0. The van der Waals surface area contributed by atoms with Gasteiger partial charge >= 0.3 is 6.18 Å². The van der Waals surface area contributed by atoms with Crippen molar-refractivity contribution in [1.82, 2.24) is 10.0 Å². The molecule has 0 aromatic carbocycles. The van der Waals surface area contributed by atoms with Crippen LogP contribution >= 0.6 is 0 Å². The Morgan fingerprint density at radius 2 is 2.00 bits per heavy atom. The zero-order valence-corrected chi connectivity index (χ0v) is 12.5. The van der Waals surface area contributed by atoms with Crippen molar-refractivity contribution in [2.24, 2.45) is 0 Å². The van der Waals surface area contributed by atoms with Crippen molar-refractivity contribution in [3.05, 3.63) is 0 Å². The molecule has 8 heteroatoms. The molecule has 2 atom stereocenters. The van der Waals surface area contributed by atoms with E-state index in [0.29, 0.717) is 25.7 Å². The first kappa shape index (κ1) is 17.7. The summed E-state index contributed by atoms with van der Waals surface area (Å²) in [5, 5.41) is 2.56. The van der Waals surface area contributed by atoms with E-state index in [-0.39, 0.29) is 24.8 Å². The summed E-state index contributed by atoms with van der Waals surface area (Å²) >= 11 is 0. The molecule has 0 aromatic rings. The van der Waals surface area contributed by atoms with Crippen LogP contribution in [0.1, 0.15) is 45.4 Å². The smallest absolute Gasteiger partial charge is 0.303 e. The van der Waals surface area contributed by atoms with Gasteiger partial charge in [-0.1, -0.05) is 19.8 Å². The van der Waals surface area contributed by atoms with Gasteiger partial charge in [0.05, 0.1) is 5.75 Å². The normalized spacial score (nSPS) is 24.8. The van der Waals surface area contributed by atoms with Gasteiger partial charge in [0.2, 0.25) is 10.0 Å². The molecule has 4 nitrogen and oxygen atoms in total. The number of rotatable bonds is 7. The van der Waals surface area contributed by atoms with Crippen LogP contribution in [0, 0.1) is 0 Å². The first-order valence-corrected chi connectivity index (χ1v) is 8.70. The highest BCUT2D eigenvalue weighted by molar-refractivity contribution is 7.89. The van der Waals surface area contributed by atoms with Gasteiger partial charge in [-0.25, -0.2) is 13.1 Å². The molecule has 120 valence electrons. The number of piperidine rings is 1. The van der Waals surface area contributed by atoms with E-state index >= 15 is 0 Å². The lowest BCUT2D eigenvalue weighted by molar-refractivity contribution is -0.163. The fourth-order valence-electron chi connectivity index (χ4n) is 2.30. The molecule has 1 rings (SSSR count). The van der Waals surface area contributed by atoms with Crippen LogP contribution in [0.15, 0.2) is 0 Å². The average molecular weight is 316 g/mol. The molecule has 1 aliphatic heterocycles. The van der Waals surface area contributed by atoms with Gasteiger partial charge in [-0.15, -0.1) is 0 Å². The average Bonchev–Trinajstić information content (AvgIpc) is 2.36. The number of hydrogen-bond donors (Lipinski definition) is 2. The minimum absolute atomic E-state index is 0.0762. The highest BCUT2D eigenvalue weighted by Crippen LogP contribution is 2.28. The Morgan fingerprint density at radius 3 is 2.60 bits per heavy atom. The summed E-state index contributed by atoms with van der Waals surface area (Å²) in [7, 11) is -3.29. The fourth-order valence-corrected chi connectivity index (χ4v) is 3.54. The van der Waals surface area contributed by atoms with Crippen LogP contribution in [0.25, 0.3) is 0 Å². The topological polar surface area (TPSA) is 58.2 Å². The molecule has 1 heterocycles. The molecule has 0 aromatic heterocycles. The standard InChI is InChI=1S/C12H23F3N2O2S/c1-2-3-9-20(18,19)16-8-7-10-5-4-6-11(17-10)12(13,14)15/h10-11,16-17H,2-9H2,1H3. The van der Waals surface area contributed by atoms with Gasteiger partial charge in [0, 0.05) is 12.6 Å². The zero-order chi connectivity index (χ0) is 15.2. The van der Waals surface area contributed by atoms with Gasteiger partial charge in [-0.2, -0.15) is 13.2 Å². The van der Waals surface area contributed by atoms with Gasteiger partial charge in [-0.3, -0.25) is 0 Å². The predicted molar refractivity (Wildman–Crippen MR) is 71.9 cm³/mol. The maximum Gasteiger partial charge on any atom is 0.403 e. The van der Waals surface area contributed by atoms with Crippen LogP contribution < -0.4 is 10.0 Å². The second-order valence-electron chi connectivity index (χ2n) is 5.24. The summed E-state index contributed by atoms with van der Waals surface area (Å²) in [4.78, 5) is 0. The van der Waals surface area contributed by atoms with E-state index < -0.39 is 22.2 Å². The fraction of sp³-hybridized carbons (Fsp3) is 1.00. The quantitative estimate of drug-likeness (QED) is 0.757. The van der Waals surface area contributed by atoms with E-state index in [4.69, 9.17) is 0 Å². The van der Waals surface area contributed by atoms with E-state index in [9.17, 15) is 21.6 Å². The van der Waals surface area contributed by atoms with Crippen LogP contribution in [0.3, 0.4) is 0 Å². The van der Waals surface area contributed by atoms with E-state index in [0.717, 1.165) is 6.42 Å². The molecular formula is C12H23F3N2O2S. The van der Waals surface area contributed by atoms with E-state index in [2.05, 4.69) is 10.0 Å². The molecule has 2 unspecified atom stereocenters.